The van der Waals surface area contributed by atoms with E-state index in [2.05, 4.69) is 253 Å². The molecule has 2 nitrogen and oxygen atoms in total. The Bertz CT molecular complexity index is 3270. The van der Waals surface area contributed by atoms with Crippen molar-refractivity contribution in [1.82, 2.24) is 4.57 Å². The molecule has 0 fully saturated rings. The molecule has 0 unspecified atom stereocenters. The standard InChI is InChI=1S/C59H42N2/c1-41-14-12-19-47-20-13-23-53(59(41)47)48-32-39-52(46-17-6-3-7-18-46)58(40-48)60(49-33-30-45(31-34-49)44-28-26-43(27-29-44)42-15-4-2-5-16-42)50-35-37-51(38-36-50)61-56-24-10-8-21-54(56)55-22-9-11-25-57(55)61/h2-40H,1H3. The third kappa shape index (κ3) is 6.56. The molecule has 0 saturated carbocycles. The van der Waals surface area contributed by atoms with Crippen LogP contribution in [0.25, 0.3) is 82.8 Å². The Morgan fingerprint density at radius 1 is 0.344 bits per heavy atom. The zero-order valence-corrected chi connectivity index (χ0v) is 33.9. The van der Waals surface area contributed by atoms with Gasteiger partial charge in [-0.05, 0) is 117 Å². The summed E-state index contributed by atoms with van der Waals surface area (Å²) in [5.41, 5.74) is 17.6. The van der Waals surface area contributed by atoms with Crippen LogP contribution in [0.2, 0.25) is 0 Å². The van der Waals surface area contributed by atoms with Crippen molar-refractivity contribution < 1.29 is 0 Å². The molecular formula is C59H42N2. The van der Waals surface area contributed by atoms with Crippen LogP contribution in [0.1, 0.15) is 5.56 Å². The molecular weight excluding hydrogens is 737 g/mol. The Kier molecular flexibility index (Phi) is 9.09. The van der Waals surface area contributed by atoms with E-state index in [-0.39, 0.29) is 0 Å². The van der Waals surface area contributed by atoms with E-state index in [1.807, 2.05) is 0 Å². The zero-order valence-electron chi connectivity index (χ0n) is 33.9. The monoisotopic (exact) mass is 778 g/mol. The first-order valence-corrected chi connectivity index (χ1v) is 21.0. The smallest absolute Gasteiger partial charge is 0.0546 e. The van der Waals surface area contributed by atoms with Gasteiger partial charge in [-0.25, -0.2) is 0 Å². The van der Waals surface area contributed by atoms with Crippen LogP contribution in [0.15, 0.2) is 237 Å². The van der Waals surface area contributed by atoms with E-state index in [4.69, 9.17) is 0 Å². The number of nitrogens with zero attached hydrogens (tertiary/aromatic N) is 2. The molecule has 10 aromatic carbocycles. The lowest BCUT2D eigenvalue weighted by atomic mass is 9.92. The molecule has 0 aliphatic carbocycles. The van der Waals surface area contributed by atoms with E-state index in [9.17, 15) is 0 Å². The first-order valence-electron chi connectivity index (χ1n) is 21.0. The number of hydrogen-bond acceptors (Lipinski definition) is 1. The Morgan fingerprint density at radius 3 is 1.43 bits per heavy atom. The second-order valence-corrected chi connectivity index (χ2v) is 15.8. The van der Waals surface area contributed by atoms with Gasteiger partial charge in [0, 0.05) is 33.4 Å². The SMILES string of the molecule is Cc1cccc2cccc(-c3ccc(-c4ccccc4)c(N(c4ccc(-c5ccc(-c6ccccc6)cc5)cc4)c4ccc(-n5c6ccccc6c6ccccc65)cc4)c3)c12. The topological polar surface area (TPSA) is 8.17 Å². The molecule has 1 aromatic heterocycles. The van der Waals surface area contributed by atoms with Crippen LogP contribution in [0.4, 0.5) is 17.1 Å². The molecule has 0 saturated heterocycles. The highest BCUT2D eigenvalue weighted by molar-refractivity contribution is 6.09. The minimum absolute atomic E-state index is 1.08. The molecule has 11 rings (SSSR count). The molecule has 0 aliphatic rings. The number of benzene rings is 10. The molecule has 0 bridgehead atoms. The Hall–Kier alpha value is -7.94. The first kappa shape index (κ1) is 36.2. The summed E-state index contributed by atoms with van der Waals surface area (Å²) in [6.45, 7) is 2.22. The fourth-order valence-electron chi connectivity index (χ4n) is 9.18. The highest BCUT2D eigenvalue weighted by Gasteiger charge is 2.21. The number of para-hydroxylation sites is 2. The van der Waals surface area contributed by atoms with Crippen LogP contribution in [0.5, 0.6) is 0 Å². The van der Waals surface area contributed by atoms with E-state index in [0.717, 1.165) is 28.3 Å². The van der Waals surface area contributed by atoms with Crippen molar-refractivity contribution in [3.8, 4) is 50.2 Å². The number of fused-ring (bicyclic) bond motifs is 4. The average Bonchev–Trinajstić information content (AvgIpc) is 3.67. The van der Waals surface area contributed by atoms with Crippen molar-refractivity contribution >= 4 is 49.6 Å². The van der Waals surface area contributed by atoms with Gasteiger partial charge in [0.05, 0.1) is 16.7 Å². The average molecular weight is 779 g/mol. The maximum Gasteiger partial charge on any atom is 0.0546 e. The predicted molar refractivity (Wildman–Crippen MR) is 259 cm³/mol. The zero-order chi connectivity index (χ0) is 40.7. The van der Waals surface area contributed by atoms with Gasteiger partial charge in [0.25, 0.3) is 0 Å². The minimum Gasteiger partial charge on any atom is -0.310 e. The summed E-state index contributed by atoms with van der Waals surface area (Å²) in [5.74, 6) is 0. The van der Waals surface area contributed by atoms with Gasteiger partial charge in [0.1, 0.15) is 0 Å². The van der Waals surface area contributed by atoms with Crippen molar-refractivity contribution in [3.05, 3.63) is 242 Å². The fourth-order valence-corrected chi connectivity index (χ4v) is 9.18. The number of aryl methyl sites for hydroxylation is 1. The lowest BCUT2D eigenvalue weighted by molar-refractivity contribution is 1.17. The Morgan fingerprint density at radius 2 is 0.820 bits per heavy atom. The Balaban J connectivity index is 1.08. The molecule has 0 atom stereocenters. The molecule has 0 aliphatic heterocycles. The van der Waals surface area contributed by atoms with Crippen LogP contribution in [0, 0.1) is 6.92 Å². The van der Waals surface area contributed by atoms with Gasteiger partial charge >= 0.3 is 0 Å². The lowest BCUT2D eigenvalue weighted by Crippen LogP contribution is -2.12. The van der Waals surface area contributed by atoms with E-state index in [0.29, 0.717) is 0 Å². The number of aromatic nitrogens is 1. The van der Waals surface area contributed by atoms with E-state index >= 15 is 0 Å². The van der Waals surface area contributed by atoms with Gasteiger partial charge in [0.2, 0.25) is 0 Å². The van der Waals surface area contributed by atoms with Crippen LogP contribution < -0.4 is 4.90 Å². The molecule has 2 heteroatoms. The third-order valence-corrected chi connectivity index (χ3v) is 12.1. The van der Waals surface area contributed by atoms with Crippen molar-refractivity contribution in [3.63, 3.8) is 0 Å². The largest absolute Gasteiger partial charge is 0.310 e. The van der Waals surface area contributed by atoms with Crippen molar-refractivity contribution in [2.24, 2.45) is 0 Å². The molecule has 0 N–H and O–H groups in total. The number of rotatable bonds is 8. The molecule has 0 spiro atoms. The molecule has 0 amide bonds. The highest BCUT2D eigenvalue weighted by Crippen LogP contribution is 2.45. The predicted octanol–water partition coefficient (Wildman–Crippen LogP) is 16.4. The summed E-state index contributed by atoms with van der Waals surface area (Å²) in [4.78, 5) is 2.43. The van der Waals surface area contributed by atoms with Gasteiger partial charge in [-0.15, -0.1) is 0 Å². The summed E-state index contributed by atoms with van der Waals surface area (Å²) in [6, 6.07) is 86.0. The van der Waals surface area contributed by atoms with Crippen molar-refractivity contribution in [1.29, 1.82) is 0 Å². The summed E-state index contributed by atoms with van der Waals surface area (Å²) in [6.07, 6.45) is 0. The molecule has 1 heterocycles. The number of hydrogen-bond donors (Lipinski definition) is 0. The quantitative estimate of drug-likeness (QED) is 0.149. The van der Waals surface area contributed by atoms with Gasteiger partial charge in [-0.2, -0.15) is 0 Å². The molecule has 288 valence electrons. The van der Waals surface area contributed by atoms with Crippen LogP contribution in [-0.2, 0) is 0 Å². The third-order valence-electron chi connectivity index (χ3n) is 12.1. The summed E-state index contributed by atoms with van der Waals surface area (Å²) < 4.78 is 2.38. The van der Waals surface area contributed by atoms with E-state index in [1.54, 1.807) is 0 Å². The Labute approximate surface area is 356 Å². The normalized spacial score (nSPS) is 11.4. The van der Waals surface area contributed by atoms with Crippen molar-refractivity contribution in [2.45, 2.75) is 6.92 Å². The first-order chi connectivity index (χ1) is 30.2. The summed E-state index contributed by atoms with van der Waals surface area (Å²) >= 11 is 0. The minimum atomic E-state index is 1.08. The van der Waals surface area contributed by atoms with Gasteiger partial charge < -0.3 is 9.47 Å². The summed E-state index contributed by atoms with van der Waals surface area (Å²) in [7, 11) is 0. The second kappa shape index (κ2) is 15.3. The van der Waals surface area contributed by atoms with E-state index < -0.39 is 0 Å². The van der Waals surface area contributed by atoms with Crippen LogP contribution in [0.3, 0.4) is 0 Å². The maximum atomic E-state index is 2.43. The second-order valence-electron chi connectivity index (χ2n) is 15.8. The van der Waals surface area contributed by atoms with Crippen LogP contribution in [-0.4, -0.2) is 4.57 Å². The number of anilines is 3. The van der Waals surface area contributed by atoms with Crippen LogP contribution >= 0.6 is 0 Å². The van der Waals surface area contributed by atoms with Crippen molar-refractivity contribution in [2.75, 3.05) is 4.90 Å². The fraction of sp³-hybridized carbons (Fsp3) is 0.0169. The van der Waals surface area contributed by atoms with E-state index in [1.165, 1.54) is 77.1 Å². The summed E-state index contributed by atoms with van der Waals surface area (Å²) in [5, 5.41) is 5.04. The van der Waals surface area contributed by atoms with Gasteiger partial charge in [-0.1, -0.05) is 182 Å². The highest BCUT2D eigenvalue weighted by atomic mass is 15.1. The van der Waals surface area contributed by atoms with Gasteiger partial charge in [0.15, 0.2) is 0 Å². The molecule has 11 aromatic rings. The van der Waals surface area contributed by atoms with Gasteiger partial charge in [-0.3, -0.25) is 0 Å². The lowest BCUT2D eigenvalue weighted by Gasteiger charge is -2.29. The molecule has 0 radical (unpaired) electrons. The maximum absolute atomic E-state index is 2.43. The molecule has 61 heavy (non-hydrogen) atoms.